The van der Waals surface area contributed by atoms with E-state index in [1.807, 2.05) is 0 Å². The molecule has 1 aromatic carbocycles. The van der Waals surface area contributed by atoms with Crippen molar-refractivity contribution in [1.29, 1.82) is 0 Å². The Morgan fingerprint density at radius 3 is 2.32 bits per heavy atom. The van der Waals surface area contributed by atoms with Crippen molar-refractivity contribution in [3.63, 3.8) is 0 Å². The number of nitrogens with one attached hydrogen (secondary N) is 2. The molecule has 0 spiro atoms. The summed E-state index contributed by atoms with van der Waals surface area (Å²) in [5.41, 5.74) is 0.919. The molecule has 3 rings (SSSR count). The number of hydrogen-bond acceptors (Lipinski definition) is 3. The molecule has 25 heavy (non-hydrogen) atoms. The number of imide groups is 1. The van der Waals surface area contributed by atoms with Gasteiger partial charge in [-0.2, -0.15) is 0 Å². The summed E-state index contributed by atoms with van der Waals surface area (Å²) in [4.78, 5) is 39.2. The van der Waals surface area contributed by atoms with Gasteiger partial charge in [-0.15, -0.1) is 0 Å². The number of carbonyl (C=O) groups is 3. The van der Waals surface area contributed by atoms with Crippen LogP contribution < -0.4 is 10.2 Å². The molecule has 0 bridgehead atoms. The van der Waals surface area contributed by atoms with Gasteiger partial charge in [0, 0.05) is 38.8 Å². The molecule has 2 aliphatic heterocycles. The van der Waals surface area contributed by atoms with Crippen molar-refractivity contribution in [3.05, 3.63) is 35.4 Å². The van der Waals surface area contributed by atoms with Crippen LogP contribution >= 0.6 is 0 Å². The Morgan fingerprint density at radius 1 is 1.04 bits per heavy atom. The van der Waals surface area contributed by atoms with Crippen molar-refractivity contribution in [2.24, 2.45) is 0 Å². The van der Waals surface area contributed by atoms with Crippen molar-refractivity contribution in [2.45, 2.75) is 32.1 Å². The fraction of sp³-hybridized carbons (Fsp3) is 0.526. The third-order valence-corrected chi connectivity index (χ3v) is 5.00. The van der Waals surface area contributed by atoms with Crippen LogP contribution in [0.2, 0.25) is 0 Å². The zero-order valence-corrected chi connectivity index (χ0v) is 14.6. The lowest BCUT2D eigenvalue weighted by molar-refractivity contribution is -0.887. The highest BCUT2D eigenvalue weighted by Gasteiger charge is 2.34. The highest BCUT2D eigenvalue weighted by atomic mass is 16.2. The molecule has 2 aliphatic rings. The normalized spacial score (nSPS) is 17.2. The molecule has 0 aromatic heterocycles. The first-order chi connectivity index (χ1) is 12.2. The second-order valence-corrected chi connectivity index (χ2v) is 6.82. The van der Waals surface area contributed by atoms with E-state index in [9.17, 15) is 14.4 Å². The molecule has 0 saturated carbocycles. The van der Waals surface area contributed by atoms with E-state index in [2.05, 4.69) is 5.32 Å². The predicted octanol–water partition coefficient (Wildman–Crippen LogP) is 0.248. The molecule has 134 valence electrons. The van der Waals surface area contributed by atoms with E-state index < -0.39 is 0 Å². The van der Waals surface area contributed by atoms with Crippen LogP contribution in [0, 0.1) is 0 Å². The number of benzene rings is 1. The fourth-order valence-corrected chi connectivity index (χ4v) is 3.62. The first-order valence-electron chi connectivity index (χ1n) is 9.22. The topological polar surface area (TPSA) is 70.9 Å². The number of rotatable bonds is 8. The highest BCUT2D eigenvalue weighted by Crippen LogP contribution is 2.22. The van der Waals surface area contributed by atoms with E-state index in [0.29, 0.717) is 30.5 Å². The maximum atomic E-state index is 12.2. The zero-order valence-electron chi connectivity index (χ0n) is 14.6. The van der Waals surface area contributed by atoms with E-state index in [4.69, 9.17) is 0 Å². The van der Waals surface area contributed by atoms with Crippen molar-refractivity contribution in [2.75, 3.05) is 32.7 Å². The van der Waals surface area contributed by atoms with Crippen molar-refractivity contribution in [3.8, 4) is 0 Å². The van der Waals surface area contributed by atoms with Gasteiger partial charge in [-0.1, -0.05) is 12.1 Å². The number of quaternary nitrogens is 1. The molecule has 0 radical (unpaired) electrons. The smallest absolute Gasteiger partial charge is 0.261 e. The first kappa shape index (κ1) is 17.6. The Labute approximate surface area is 148 Å². The molecule has 6 nitrogen and oxygen atoms in total. The zero-order chi connectivity index (χ0) is 17.6. The van der Waals surface area contributed by atoms with E-state index in [1.165, 1.54) is 30.8 Å². The first-order valence-corrected chi connectivity index (χ1v) is 9.22. The van der Waals surface area contributed by atoms with E-state index in [0.717, 1.165) is 13.0 Å². The second kappa shape index (κ2) is 8.25. The van der Waals surface area contributed by atoms with Crippen LogP contribution in [-0.2, 0) is 4.79 Å². The largest absolute Gasteiger partial charge is 0.356 e. The SMILES string of the molecule is O=C(CCCN1C(=O)c2ccccc2C1=O)NCCC[NH+]1CCCC1. The standard InChI is InChI=1S/C19H25N3O3/c23-17(20-10-6-13-21-11-3-4-12-21)9-5-14-22-18(24)15-7-1-2-8-16(15)19(22)25/h1-2,7-8H,3-6,9-14H2,(H,20,23)/p+1. The van der Waals surface area contributed by atoms with Crippen LogP contribution in [0.5, 0.6) is 0 Å². The quantitative estimate of drug-likeness (QED) is 0.525. The summed E-state index contributed by atoms with van der Waals surface area (Å²) in [6.45, 7) is 4.63. The Kier molecular flexibility index (Phi) is 5.81. The number of nitrogens with zero attached hydrogens (tertiary/aromatic N) is 1. The van der Waals surface area contributed by atoms with Crippen LogP contribution in [0.4, 0.5) is 0 Å². The fourth-order valence-electron chi connectivity index (χ4n) is 3.62. The summed E-state index contributed by atoms with van der Waals surface area (Å²) < 4.78 is 0. The summed E-state index contributed by atoms with van der Waals surface area (Å²) in [6.07, 6.45) is 4.47. The minimum absolute atomic E-state index is 0.00645. The number of likely N-dealkylation sites (tertiary alicyclic amines) is 1. The number of hydrogen-bond donors (Lipinski definition) is 2. The van der Waals surface area contributed by atoms with E-state index >= 15 is 0 Å². The Balaban J connectivity index is 1.33. The molecule has 2 heterocycles. The van der Waals surface area contributed by atoms with Crippen molar-refractivity contribution < 1.29 is 19.3 Å². The molecule has 2 N–H and O–H groups in total. The third-order valence-electron chi connectivity index (χ3n) is 5.00. The summed E-state index contributed by atoms with van der Waals surface area (Å²) in [5, 5.41) is 2.93. The van der Waals surface area contributed by atoms with Gasteiger partial charge in [-0.3, -0.25) is 19.3 Å². The molecular formula is C19H26N3O3+. The minimum Gasteiger partial charge on any atom is -0.356 e. The van der Waals surface area contributed by atoms with Crippen LogP contribution in [0.3, 0.4) is 0 Å². The van der Waals surface area contributed by atoms with Gasteiger partial charge in [0.1, 0.15) is 0 Å². The summed E-state index contributed by atoms with van der Waals surface area (Å²) >= 11 is 0. The Bertz CT molecular complexity index is 618. The predicted molar refractivity (Wildman–Crippen MR) is 93.5 cm³/mol. The molecule has 1 fully saturated rings. The summed E-state index contributed by atoms with van der Waals surface area (Å²) in [7, 11) is 0. The maximum Gasteiger partial charge on any atom is 0.261 e. The van der Waals surface area contributed by atoms with Gasteiger partial charge >= 0.3 is 0 Å². The van der Waals surface area contributed by atoms with Gasteiger partial charge in [0.25, 0.3) is 11.8 Å². The van der Waals surface area contributed by atoms with Gasteiger partial charge in [-0.25, -0.2) is 0 Å². The molecule has 0 aliphatic carbocycles. The lowest BCUT2D eigenvalue weighted by Crippen LogP contribution is -3.10. The molecule has 3 amide bonds. The highest BCUT2D eigenvalue weighted by molar-refractivity contribution is 6.21. The minimum atomic E-state index is -0.255. The molecule has 6 heteroatoms. The third kappa shape index (κ3) is 4.25. The molecule has 1 saturated heterocycles. The van der Waals surface area contributed by atoms with Gasteiger partial charge in [-0.05, 0) is 18.6 Å². The molecule has 0 unspecified atom stereocenters. The number of carbonyl (C=O) groups excluding carboxylic acids is 3. The Morgan fingerprint density at radius 2 is 1.68 bits per heavy atom. The van der Waals surface area contributed by atoms with Crippen LogP contribution in [0.15, 0.2) is 24.3 Å². The molecule has 0 atom stereocenters. The Hall–Kier alpha value is -2.21. The van der Waals surface area contributed by atoms with Gasteiger partial charge in [0.2, 0.25) is 5.91 Å². The second-order valence-electron chi connectivity index (χ2n) is 6.82. The lowest BCUT2D eigenvalue weighted by Gasteiger charge is -2.14. The van der Waals surface area contributed by atoms with E-state index in [-0.39, 0.29) is 24.3 Å². The maximum absolute atomic E-state index is 12.2. The van der Waals surface area contributed by atoms with Crippen LogP contribution in [-0.4, -0.2) is 55.3 Å². The number of fused-ring (bicyclic) bond motifs is 1. The summed E-state index contributed by atoms with van der Waals surface area (Å²) in [6, 6.07) is 6.85. The average Bonchev–Trinajstić information content (AvgIpc) is 3.22. The van der Waals surface area contributed by atoms with Gasteiger partial charge < -0.3 is 10.2 Å². The average molecular weight is 344 g/mol. The van der Waals surface area contributed by atoms with Crippen molar-refractivity contribution in [1.82, 2.24) is 10.2 Å². The molecular weight excluding hydrogens is 318 g/mol. The van der Waals surface area contributed by atoms with Gasteiger partial charge in [0.05, 0.1) is 30.8 Å². The van der Waals surface area contributed by atoms with Crippen molar-refractivity contribution >= 4 is 17.7 Å². The van der Waals surface area contributed by atoms with E-state index in [1.54, 1.807) is 29.2 Å². The number of amides is 3. The molecule has 1 aromatic rings. The lowest BCUT2D eigenvalue weighted by atomic mass is 10.1. The summed E-state index contributed by atoms with van der Waals surface area (Å²) in [5.74, 6) is -0.516. The van der Waals surface area contributed by atoms with Crippen LogP contribution in [0.1, 0.15) is 52.8 Å². The van der Waals surface area contributed by atoms with Gasteiger partial charge in [0.15, 0.2) is 0 Å². The monoisotopic (exact) mass is 344 g/mol. The van der Waals surface area contributed by atoms with Crippen LogP contribution in [0.25, 0.3) is 0 Å².